The van der Waals surface area contributed by atoms with Crippen molar-refractivity contribution in [2.24, 2.45) is 15.9 Å². The summed E-state index contributed by atoms with van der Waals surface area (Å²) >= 11 is 0. The van der Waals surface area contributed by atoms with Crippen molar-refractivity contribution in [3.05, 3.63) is 52.4 Å². The molecular weight excluding hydrogens is 286 g/mol. The fourth-order valence-corrected chi connectivity index (χ4v) is 1.64. The van der Waals surface area contributed by atoms with Crippen LogP contribution in [0, 0.1) is 10.1 Å². The normalized spacial score (nSPS) is 15.7. The van der Waals surface area contributed by atoms with E-state index >= 15 is 0 Å². The monoisotopic (exact) mass is 305 g/mol. The molecule has 22 heavy (non-hydrogen) atoms. The van der Waals surface area contributed by atoms with Crippen LogP contribution in [-0.4, -0.2) is 38.7 Å². The third kappa shape index (κ3) is 4.97. The molecule has 0 saturated carbocycles. The Morgan fingerprint density at radius 1 is 1.64 bits per heavy atom. The molecule has 2 atom stereocenters. The van der Waals surface area contributed by atoms with Crippen molar-refractivity contribution in [1.82, 2.24) is 4.98 Å². The molecule has 2 unspecified atom stereocenters. The maximum atomic E-state index is 10.6. The molecule has 8 heteroatoms. The molecule has 0 aliphatic heterocycles. The lowest BCUT2D eigenvalue weighted by atomic mass is 10.1. The van der Waals surface area contributed by atoms with Gasteiger partial charge in [-0.3, -0.25) is 20.1 Å². The van der Waals surface area contributed by atoms with Gasteiger partial charge in [-0.05, 0) is 30.7 Å². The van der Waals surface area contributed by atoms with Gasteiger partial charge in [-0.2, -0.15) is 0 Å². The van der Waals surface area contributed by atoms with Crippen molar-refractivity contribution in [2.75, 3.05) is 0 Å². The molecule has 1 rings (SSSR count). The molecular formula is C14H19N5O3. The Labute approximate surface area is 128 Å². The van der Waals surface area contributed by atoms with E-state index in [0.717, 1.165) is 0 Å². The van der Waals surface area contributed by atoms with Crippen molar-refractivity contribution in [3.63, 3.8) is 0 Å². The van der Waals surface area contributed by atoms with Gasteiger partial charge in [0.2, 0.25) is 6.04 Å². The van der Waals surface area contributed by atoms with Gasteiger partial charge in [0.25, 0.3) is 0 Å². The van der Waals surface area contributed by atoms with Crippen LogP contribution in [0.5, 0.6) is 0 Å². The Balaban J connectivity index is 2.96. The topological polar surface area (TPSA) is 127 Å². The molecule has 1 aromatic rings. The number of rotatable bonds is 7. The van der Waals surface area contributed by atoms with Crippen molar-refractivity contribution >= 4 is 11.5 Å². The van der Waals surface area contributed by atoms with Crippen LogP contribution in [0.4, 0.5) is 0 Å². The Morgan fingerprint density at radius 2 is 2.36 bits per heavy atom. The van der Waals surface area contributed by atoms with Gasteiger partial charge in [-0.1, -0.05) is 12.1 Å². The first-order valence-corrected chi connectivity index (χ1v) is 6.76. The van der Waals surface area contributed by atoms with Gasteiger partial charge in [-0.25, -0.2) is 0 Å². The highest BCUT2D eigenvalue weighted by molar-refractivity contribution is 6.03. The number of aromatic nitrogens is 1. The third-order valence-corrected chi connectivity index (χ3v) is 2.97. The van der Waals surface area contributed by atoms with E-state index in [0.29, 0.717) is 12.0 Å². The van der Waals surface area contributed by atoms with E-state index in [-0.39, 0.29) is 11.5 Å². The maximum absolute atomic E-state index is 10.6. The van der Waals surface area contributed by atoms with Crippen LogP contribution >= 0.6 is 0 Å². The van der Waals surface area contributed by atoms with Crippen LogP contribution in [0.25, 0.3) is 0 Å². The number of nitrogens with two attached hydrogens (primary N) is 1. The van der Waals surface area contributed by atoms with Crippen LogP contribution in [0.1, 0.15) is 25.8 Å². The lowest BCUT2D eigenvalue weighted by Gasteiger charge is -2.11. The van der Waals surface area contributed by atoms with E-state index in [9.17, 15) is 10.1 Å². The van der Waals surface area contributed by atoms with E-state index in [1.807, 2.05) is 6.92 Å². The first kappa shape index (κ1) is 17.3. The first-order chi connectivity index (χ1) is 10.5. The maximum Gasteiger partial charge on any atom is 0.228 e. The number of pyridine rings is 1. The zero-order valence-electron chi connectivity index (χ0n) is 12.5. The van der Waals surface area contributed by atoms with E-state index in [1.165, 1.54) is 19.1 Å². The molecule has 0 amide bonds. The van der Waals surface area contributed by atoms with Crippen LogP contribution in [-0.2, 0) is 0 Å². The lowest BCUT2D eigenvalue weighted by Crippen LogP contribution is -2.23. The highest BCUT2D eigenvalue weighted by Crippen LogP contribution is 2.06. The van der Waals surface area contributed by atoms with E-state index in [1.54, 1.807) is 24.5 Å². The Bertz CT molecular complexity index is 583. The number of hydrogen-bond donors (Lipinski definition) is 2. The molecule has 118 valence electrons. The molecule has 0 aliphatic carbocycles. The predicted octanol–water partition coefficient (Wildman–Crippen LogP) is 1.62. The van der Waals surface area contributed by atoms with Gasteiger partial charge in [0.1, 0.15) is 11.5 Å². The largest absolute Gasteiger partial charge is 0.411 e. The average Bonchev–Trinajstić information content (AvgIpc) is 2.54. The Hall–Kier alpha value is -2.77. The summed E-state index contributed by atoms with van der Waals surface area (Å²) in [4.78, 5) is 18.4. The number of oxime groups is 1. The molecule has 0 radical (unpaired) electrons. The lowest BCUT2D eigenvalue weighted by molar-refractivity contribution is -0.504. The van der Waals surface area contributed by atoms with Gasteiger partial charge >= 0.3 is 0 Å². The molecule has 0 aromatic carbocycles. The molecule has 0 aliphatic rings. The fraction of sp³-hybridized carbons (Fsp3) is 0.357. The second-order valence-corrected chi connectivity index (χ2v) is 4.59. The number of nitro groups is 1. The minimum Gasteiger partial charge on any atom is -0.411 e. The quantitative estimate of drug-likeness (QED) is 0.260. The molecule has 0 fully saturated rings. The van der Waals surface area contributed by atoms with Gasteiger partial charge < -0.3 is 10.9 Å². The molecule has 3 N–H and O–H groups in total. The van der Waals surface area contributed by atoms with Gasteiger partial charge in [0.05, 0.1) is 6.04 Å². The highest BCUT2D eigenvalue weighted by atomic mass is 16.6. The van der Waals surface area contributed by atoms with Crippen molar-refractivity contribution in [2.45, 2.75) is 32.4 Å². The van der Waals surface area contributed by atoms with Gasteiger partial charge in [0, 0.05) is 29.8 Å². The minimum atomic E-state index is -0.881. The van der Waals surface area contributed by atoms with Gasteiger partial charge in [0.15, 0.2) is 0 Å². The van der Waals surface area contributed by atoms with Gasteiger partial charge in [-0.15, -0.1) is 0 Å². The highest BCUT2D eigenvalue weighted by Gasteiger charge is 2.15. The second-order valence-electron chi connectivity index (χ2n) is 4.59. The van der Waals surface area contributed by atoms with E-state index in [4.69, 9.17) is 10.9 Å². The zero-order valence-corrected chi connectivity index (χ0v) is 12.5. The zero-order chi connectivity index (χ0) is 16.5. The van der Waals surface area contributed by atoms with Crippen LogP contribution in [0.3, 0.4) is 0 Å². The Morgan fingerprint density at radius 3 is 2.86 bits per heavy atom. The molecule has 1 heterocycles. The predicted molar refractivity (Wildman–Crippen MR) is 83.9 cm³/mol. The summed E-state index contributed by atoms with van der Waals surface area (Å²) in [6, 6.07) is 2.12. The third-order valence-electron chi connectivity index (χ3n) is 2.97. The molecule has 8 nitrogen and oxygen atoms in total. The summed E-state index contributed by atoms with van der Waals surface area (Å²) in [7, 11) is 0. The van der Waals surface area contributed by atoms with Crippen molar-refractivity contribution in [1.29, 1.82) is 0 Å². The summed E-state index contributed by atoms with van der Waals surface area (Å²) in [6.07, 6.45) is 6.45. The smallest absolute Gasteiger partial charge is 0.228 e. The van der Waals surface area contributed by atoms with Crippen LogP contribution in [0.15, 0.2) is 46.8 Å². The van der Waals surface area contributed by atoms with E-state index < -0.39 is 17.0 Å². The van der Waals surface area contributed by atoms with Crippen LogP contribution in [0.2, 0.25) is 0 Å². The number of amidine groups is 1. The molecule has 0 saturated heterocycles. The van der Waals surface area contributed by atoms with Crippen LogP contribution < -0.4 is 5.73 Å². The second kappa shape index (κ2) is 8.50. The van der Waals surface area contributed by atoms with E-state index in [2.05, 4.69) is 15.1 Å². The average molecular weight is 305 g/mol. The first-order valence-electron chi connectivity index (χ1n) is 6.76. The summed E-state index contributed by atoms with van der Waals surface area (Å²) in [5.74, 6) is 0.261. The minimum absolute atomic E-state index is 0.211. The number of nitrogens with zero attached hydrogens (tertiary/aromatic N) is 4. The summed E-state index contributed by atoms with van der Waals surface area (Å²) in [6.45, 7) is 3.28. The molecule has 0 spiro atoms. The fourth-order valence-electron chi connectivity index (χ4n) is 1.64. The number of hydrogen-bond acceptors (Lipinski definition) is 6. The van der Waals surface area contributed by atoms with Crippen molar-refractivity contribution < 1.29 is 10.1 Å². The molecule has 0 bridgehead atoms. The summed E-state index contributed by atoms with van der Waals surface area (Å²) in [5, 5.41) is 22.9. The standard InChI is InChI=1S/C14H19N5O3/c1-3-12(13(18-20)7-6-10(2)19(21)22)17-14(15)11-5-4-8-16-9-11/h4-10,12,20H,3H2,1-2H3,(H2,15,17). The summed E-state index contributed by atoms with van der Waals surface area (Å²) < 4.78 is 0. The Kier molecular flexibility index (Phi) is 6.68. The number of aliphatic imine (C=N–C) groups is 1. The molecule has 1 aromatic heterocycles. The SMILES string of the molecule is CCC(N=C(N)c1cccnc1)C(C=CC(C)[N+](=O)[O-])=NO. The summed E-state index contributed by atoms with van der Waals surface area (Å²) in [5.41, 5.74) is 6.77. The van der Waals surface area contributed by atoms with Crippen molar-refractivity contribution in [3.8, 4) is 0 Å².